The third-order valence-corrected chi connectivity index (χ3v) is 5.54. The molecule has 0 aliphatic carbocycles. The Balaban J connectivity index is 1.87. The number of rotatable bonds is 3. The Morgan fingerprint density at radius 3 is 2.68 bits per heavy atom. The van der Waals surface area contributed by atoms with Gasteiger partial charge in [-0.15, -0.1) is 0 Å². The van der Waals surface area contributed by atoms with Gasteiger partial charge in [-0.05, 0) is 38.1 Å². The Hall–Kier alpha value is -3.64. The molecule has 0 amide bonds. The van der Waals surface area contributed by atoms with Gasteiger partial charge in [-0.25, -0.2) is 4.98 Å². The van der Waals surface area contributed by atoms with E-state index in [4.69, 9.17) is 21.0 Å². The van der Waals surface area contributed by atoms with Crippen LogP contribution >= 0.6 is 11.6 Å². The van der Waals surface area contributed by atoms with Gasteiger partial charge in [0.2, 0.25) is 0 Å². The summed E-state index contributed by atoms with van der Waals surface area (Å²) in [6.07, 6.45) is 3.31. The minimum atomic E-state index is -0.266. The average Bonchev–Trinajstić information content (AvgIpc) is 3.19. The number of aromatic amines is 1. The van der Waals surface area contributed by atoms with Crippen LogP contribution in [-0.4, -0.2) is 14.5 Å². The van der Waals surface area contributed by atoms with Gasteiger partial charge in [-0.1, -0.05) is 29.8 Å². The number of pyridine rings is 3. The monoisotopic (exact) mass is 431 g/mol. The minimum absolute atomic E-state index is 0.0866. The second-order valence-electron chi connectivity index (χ2n) is 7.65. The van der Waals surface area contributed by atoms with Crippen LogP contribution in [-0.2, 0) is 0 Å². The van der Waals surface area contributed by atoms with Gasteiger partial charge in [0.1, 0.15) is 21.9 Å². The van der Waals surface area contributed by atoms with E-state index in [1.807, 2.05) is 44.2 Å². The zero-order chi connectivity index (χ0) is 21.7. The van der Waals surface area contributed by atoms with Gasteiger partial charge < -0.3 is 14.0 Å². The number of hydrogen-bond acceptors (Lipinski definition) is 4. The van der Waals surface area contributed by atoms with Crippen LogP contribution in [0.3, 0.4) is 0 Å². The normalized spacial score (nSPS) is 11.6. The Bertz CT molecular complexity index is 1540. The van der Waals surface area contributed by atoms with Crippen LogP contribution in [0.4, 0.5) is 0 Å². The van der Waals surface area contributed by atoms with E-state index >= 15 is 0 Å². The van der Waals surface area contributed by atoms with Gasteiger partial charge >= 0.3 is 0 Å². The maximum atomic E-state index is 12.5. The van der Waals surface area contributed by atoms with E-state index in [1.165, 1.54) is 6.07 Å². The van der Waals surface area contributed by atoms with Crippen molar-refractivity contribution in [2.75, 3.05) is 0 Å². The maximum Gasteiger partial charge on any atom is 0.269 e. The lowest BCUT2D eigenvalue weighted by molar-refractivity contribution is 0.579. The number of aromatic nitrogens is 3. The third-order valence-electron chi connectivity index (χ3n) is 5.27. The van der Waals surface area contributed by atoms with Crippen LogP contribution < -0.4 is 11.0 Å². The lowest BCUT2D eigenvalue weighted by Gasteiger charge is -2.14. The van der Waals surface area contributed by atoms with E-state index in [1.54, 1.807) is 29.1 Å². The molecule has 0 saturated carbocycles. The molecule has 1 aromatic carbocycles. The maximum absolute atomic E-state index is 12.5. The summed E-state index contributed by atoms with van der Waals surface area (Å²) in [5.41, 5.74) is 2.65. The SMILES string of the molecule is CC(C)n1cc(-c2cc3c(=O)cc[nH]c3nc2-c2cc3ccccc3o2)cc(Cl)c1=O. The molecule has 6 nitrogen and oxygen atoms in total. The first-order valence-electron chi connectivity index (χ1n) is 9.86. The molecule has 5 rings (SSSR count). The molecule has 0 radical (unpaired) electrons. The Morgan fingerprint density at radius 2 is 1.90 bits per heavy atom. The van der Waals surface area contributed by atoms with E-state index in [0.29, 0.717) is 33.6 Å². The van der Waals surface area contributed by atoms with Crippen LogP contribution in [0.1, 0.15) is 19.9 Å². The van der Waals surface area contributed by atoms with Crippen molar-refractivity contribution < 1.29 is 4.42 Å². The van der Waals surface area contributed by atoms with Gasteiger partial charge in [-0.3, -0.25) is 9.59 Å². The molecule has 0 spiro atoms. The Morgan fingerprint density at radius 1 is 1.10 bits per heavy atom. The van der Waals surface area contributed by atoms with Crippen molar-refractivity contribution >= 4 is 33.6 Å². The highest BCUT2D eigenvalue weighted by Crippen LogP contribution is 2.35. The highest BCUT2D eigenvalue weighted by molar-refractivity contribution is 6.30. The molecular formula is C24H18ClN3O3. The quantitative estimate of drug-likeness (QED) is 0.414. The van der Waals surface area contributed by atoms with Crippen molar-refractivity contribution in [1.82, 2.24) is 14.5 Å². The Kier molecular flexibility index (Phi) is 4.52. The summed E-state index contributed by atoms with van der Waals surface area (Å²) in [5, 5.41) is 1.48. The molecule has 0 aliphatic heterocycles. The molecule has 4 aromatic heterocycles. The molecule has 0 atom stereocenters. The molecule has 0 aliphatic rings. The topological polar surface area (TPSA) is 80.9 Å². The van der Waals surface area contributed by atoms with Crippen molar-refractivity contribution in [1.29, 1.82) is 0 Å². The van der Waals surface area contributed by atoms with E-state index in [0.717, 1.165) is 11.0 Å². The number of nitrogens with one attached hydrogen (secondary N) is 1. The number of benzene rings is 1. The minimum Gasteiger partial charge on any atom is -0.454 e. The number of halogens is 1. The summed E-state index contributed by atoms with van der Waals surface area (Å²) >= 11 is 6.28. The average molecular weight is 432 g/mol. The molecule has 0 fully saturated rings. The van der Waals surface area contributed by atoms with Crippen LogP contribution in [0.5, 0.6) is 0 Å². The number of H-pyrrole nitrogens is 1. The highest BCUT2D eigenvalue weighted by atomic mass is 35.5. The largest absolute Gasteiger partial charge is 0.454 e. The van der Waals surface area contributed by atoms with Crippen molar-refractivity contribution in [2.24, 2.45) is 0 Å². The van der Waals surface area contributed by atoms with Gasteiger partial charge in [-0.2, -0.15) is 0 Å². The van der Waals surface area contributed by atoms with Gasteiger partial charge in [0.25, 0.3) is 5.56 Å². The molecule has 31 heavy (non-hydrogen) atoms. The molecule has 5 aromatic rings. The predicted octanol–water partition coefficient (Wildman–Crippen LogP) is 5.40. The summed E-state index contributed by atoms with van der Waals surface area (Å²) in [7, 11) is 0. The zero-order valence-corrected chi connectivity index (χ0v) is 17.6. The molecule has 7 heteroatoms. The fourth-order valence-electron chi connectivity index (χ4n) is 3.70. The second-order valence-corrected chi connectivity index (χ2v) is 8.06. The lowest BCUT2D eigenvalue weighted by Crippen LogP contribution is -2.21. The second kappa shape index (κ2) is 7.25. The molecule has 0 saturated heterocycles. The fraction of sp³-hybridized carbons (Fsp3) is 0.125. The molecule has 1 N–H and O–H groups in total. The number of nitrogens with zero attached hydrogens (tertiary/aromatic N) is 2. The van der Waals surface area contributed by atoms with Crippen molar-refractivity contribution in [3.05, 3.63) is 86.5 Å². The molecule has 0 bridgehead atoms. The van der Waals surface area contributed by atoms with E-state index in [-0.39, 0.29) is 22.1 Å². The van der Waals surface area contributed by atoms with Gasteiger partial charge in [0.05, 0.1) is 5.39 Å². The zero-order valence-electron chi connectivity index (χ0n) is 16.8. The van der Waals surface area contributed by atoms with Crippen molar-refractivity contribution in [2.45, 2.75) is 19.9 Å². The van der Waals surface area contributed by atoms with E-state index in [9.17, 15) is 9.59 Å². The van der Waals surface area contributed by atoms with Crippen LogP contribution in [0.25, 0.3) is 44.6 Å². The van der Waals surface area contributed by atoms with Crippen LogP contribution in [0.2, 0.25) is 5.02 Å². The molecule has 4 heterocycles. The number of fused-ring (bicyclic) bond motifs is 2. The Labute approximate surface area is 181 Å². The summed E-state index contributed by atoms with van der Waals surface area (Å²) in [4.78, 5) is 32.7. The lowest BCUT2D eigenvalue weighted by atomic mass is 10.0. The summed E-state index contributed by atoms with van der Waals surface area (Å²) in [6, 6.07) is 14.3. The summed E-state index contributed by atoms with van der Waals surface area (Å²) in [5.74, 6) is 0.557. The third kappa shape index (κ3) is 3.25. The van der Waals surface area contributed by atoms with Gasteiger partial charge in [0.15, 0.2) is 11.2 Å². The fourth-order valence-corrected chi connectivity index (χ4v) is 3.92. The molecular weight excluding hydrogens is 414 g/mol. The number of hydrogen-bond donors (Lipinski definition) is 1. The van der Waals surface area contributed by atoms with Crippen LogP contribution in [0.15, 0.2) is 74.9 Å². The molecule has 154 valence electrons. The van der Waals surface area contributed by atoms with E-state index < -0.39 is 0 Å². The summed E-state index contributed by atoms with van der Waals surface area (Å²) < 4.78 is 7.64. The predicted molar refractivity (Wildman–Crippen MR) is 123 cm³/mol. The van der Waals surface area contributed by atoms with Crippen molar-refractivity contribution in [3.63, 3.8) is 0 Å². The number of furan rings is 1. The first-order chi connectivity index (χ1) is 14.9. The highest BCUT2D eigenvalue weighted by Gasteiger charge is 2.19. The molecule has 0 unspecified atom stereocenters. The standard InChI is InChI=1S/C24H18ClN3O3/c1-13(2)28-12-15(9-18(25)24(28)30)16-11-17-19(29)7-8-26-23(17)27-22(16)21-10-14-5-3-4-6-20(14)31-21/h3-13H,1-2H3,(H,26,27,29). The first-order valence-corrected chi connectivity index (χ1v) is 10.2. The van der Waals surface area contributed by atoms with Crippen molar-refractivity contribution in [3.8, 4) is 22.6 Å². The smallest absolute Gasteiger partial charge is 0.269 e. The summed E-state index contributed by atoms with van der Waals surface area (Å²) in [6.45, 7) is 3.82. The first kappa shape index (κ1) is 19.3. The van der Waals surface area contributed by atoms with Gasteiger partial charge in [0, 0.05) is 41.0 Å². The number of para-hydroxylation sites is 1. The van der Waals surface area contributed by atoms with E-state index in [2.05, 4.69) is 4.98 Å². The van der Waals surface area contributed by atoms with Crippen LogP contribution in [0, 0.1) is 0 Å².